The second kappa shape index (κ2) is 11.6. The molecule has 0 heterocycles. The van der Waals surface area contributed by atoms with E-state index in [1.165, 1.54) is 6.42 Å². The lowest BCUT2D eigenvalue weighted by Gasteiger charge is -2.38. The zero-order chi connectivity index (χ0) is 14.7. The van der Waals surface area contributed by atoms with Crippen molar-refractivity contribution in [2.45, 2.75) is 58.7 Å². The molecule has 4 heteroatoms. The fraction of sp³-hybridized carbons (Fsp3) is 1.00. The molecule has 0 aromatic heterocycles. The lowest BCUT2D eigenvalue weighted by molar-refractivity contribution is 0.0398. The third-order valence-electron chi connectivity index (χ3n) is 3.73. The molecule has 0 amide bonds. The Morgan fingerprint density at radius 1 is 1.11 bits per heavy atom. The van der Waals surface area contributed by atoms with Crippen molar-refractivity contribution < 1.29 is 9.47 Å². The van der Waals surface area contributed by atoms with E-state index in [0.717, 1.165) is 32.7 Å². The summed E-state index contributed by atoms with van der Waals surface area (Å²) in [5.74, 6) is 0. The van der Waals surface area contributed by atoms with Crippen molar-refractivity contribution in [2.24, 2.45) is 0 Å². The van der Waals surface area contributed by atoms with E-state index >= 15 is 0 Å². The summed E-state index contributed by atoms with van der Waals surface area (Å²) in [4.78, 5) is 2.49. The number of methoxy groups -OCH3 is 2. The number of rotatable bonds is 12. The molecule has 0 aliphatic rings. The first kappa shape index (κ1) is 18.8. The van der Waals surface area contributed by atoms with E-state index in [2.05, 4.69) is 37.9 Å². The number of hydrogen-bond acceptors (Lipinski definition) is 4. The highest BCUT2D eigenvalue weighted by Gasteiger charge is 2.25. The zero-order valence-corrected chi connectivity index (χ0v) is 13.7. The molecule has 0 fully saturated rings. The summed E-state index contributed by atoms with van der Waals surface area (Å²) in [5.41, 5.74) is 0. The third-order valence-corrected chi connectivity index (χ3v) is 3.73. The Balaban J connectivity index is 4.59. The Morgan fingerprint density at radius 2 is 1.79 bits per heavy atom. The van der Waals surface area contributed by atoms with Crippen molar-refractivity contribution in [3.8, 4) is 0 Å². The monoisotopic (exact) mass is 274 g/mol. The molecule has 0 bridgehead atoms. The molecule has 0 aromatic rings. The topological polar surface area (TPSA) is 33.7 Å². The molecular weight excluding hydrogens is 240 g/mol. The van der Waals surface area contributed by atoms with E-state index < -0.39 is 0 Å². The van der Waals surface area contributed by atoms with Crippen LogP contribution >= 0.6 is 0 Å². The summed E-state index contributed by atoms with van der Waals surface area (Å²) >= 11 is 0. The number of ether oxygens (including phenoxy) is 2. The second-order valence-corrected chi connectivity index (χ2v) is 5.24. The van der Waals surface area contributed by atoms with Crippen LogP contribution in [0.1, 0.15) is 40.5 Å². The van der Waals surface area contributed by atoms with Gasteiger partial charge in [-0.15, -0.1) is 0 Å². The molecule has 3 atom stereocenters. The number of nitrogens with one attached hydrogen (secondary N) is 1. The molecule has 1 N–H and O–H groups in total. The lowest BCUT2D eigenvalue weighted by Crippen LogP contribution is -2.53. The number of hydrogen-bond donors (Lipinski definition) is 1. The molecule has 0 aromatic carbocycles. The Hall–Kier alpha value is -0.160. The van der Waals surface area contributed by atoms with Crippen LogP contribution < -0.4 is 5.32 Å². The quantitative estimate of drug-likeness (QED) is 0.591. The van der Waals surface area contributed by atoms with Gasteiger partial charge < -0.3 is 14.8 Å². The smallest absolute Gasteiger partial charge is 0.0615 e. The number of nitrogens with zero attached hydrogens (tertiary/aromatic N) is 1. The normalized spacial score (nSPS) is 16.6. The maximum Gasteiger partial charge on any atom is 0.0615 e. The molecule has 0 rings (SSSR count). The fourth-order valence-electron chi connectivity index (χ4n) is 2.58. The fourth-order valence-corrected chi connectivity index (χ4v) is 2.58. The highest BCUT2D eigenvalue weighted by atomic mass is 16.5. The highest BCUT2D eigenvalue weighted by molar-refractivity contribution is 4.83. The minimum Gasteiger partial charge on any atom is -0.383 e. The van der Waals surface area contributed by atoms with Gasteiger partial charge in [-0.05, 0) is 33.2 Å². The van der Waals surface area contributed by atoms with E-state index in [-0.39, 0.29) is 0 Å². The van der Waals surface area contributed by atoms with E-state index in [4.69, 9.17) is 9.47 Å². The summed E-state index contributed by atoms with van der Waals surface area (Å²) in [6.07, 6.45) is 2.32. The maximum atomic E-state index is 5.31. The van der Waals surface area contributed by atoms with Crippen molar-refractivity contribution >= 4 is 0 Å². The van der Waals surface area contributed by atoms with E-state index in [0.29, 0.717) is 18.1 Å². The van der Waals surface area contributed by atoms with E-state index in [9.17, 15) is 0 Å². The van der Waals surface area contributed by atoms with Gasteiger partial charge in [-0.2, -0.15) is 0 Å². The van der Waals surface area contributed by atoms with Crippen LogP contribution in [0.3, 0.4) is 0 Å². The summed E-state index contributed by atoms with van der Waals surface area (Å²) in [7, 11) is 3.53. The van der Waals surface area contributed by atoms with Crippen LogP contribution in [0.25, 0.3) is 0 Å². The third kappa shape index (κ3) is 7.25. The van der Waals surface area contributed by atoms with Gasteiger partial charge in [0, 0.05) is 38.9 Å². The SMILES string of the molecule is CCCNC(CC)C(C)N(CCOC)C(C)COC. The average molecular weight is 274 g/mol. The average Bonchev–Trinajstić information content (AvgIpc) is 2.40. The predicted molar refractivity (Wildman–Crippen MR) is 81.8 cm³/mol. The van der Waals surface area contributed by atoms with Crippen LogP contribution in [0.2, 0.25) is 0 Å². The molecule has 0 aliphatic carbocycles. The summed E-state index contributed by atoms with van der Waals surface area (Å²) in [5, 5.41) is 3.65. The summed E-state index contributed by atoms with van der Waals surface area (Å²) < 4.78 is 10.5. The predicted octanol–water partition coefficient (Wildman–Crippen LogP) is 2.14. The molecule has 4 nitrogen and oxygen atoms in total. The Kier molecular flexibility index (Phi) is 11.6. The van der Waals surface area contributed by atoms with Crippen LogP contribution in [-0.4, -0.2) is 63.5 Å². The van der Waals surface area contributed by atoms with Gasteiger partial charge in [-0.1, -0.05) is 13.8 Å². The molecule has 0 saturated carbocycles. The van der Waals surface area contributed by atoms with Crippen molar-refractivity contribution in [3.63, 3.8) is 0 Å². The molecular formula is C15H34N2O2. The van der Waals surface area contributed by atoms with Crippen LogP contribution in [0.4, 0.5) is 0 Å². The standard InChI is InChI=1S/C15H34N2O2/c1-7-9-16-15(8-2)14(4)17(10-11-18-5)13(3)12-19-6/h13-16H,7-12H2,1-6H3. The van der Waals surface area contributed by atoms with Gasteiger partial charge in [-0.25, -0.2) is 0 Å². The zero-order valence-electron chi connectivity index (χ0n) is 13.7. The van der Waals surface area contributed by atoms with Crippen molar-refractivity contribution in [1.82, 2.24) is 10.2 Å². The van der Waals surface area contributed by atoms with Crippen molar-refractivity contribution in [2.75, 3.05) is 40.5 Å². The minimum atomic E-state index is 0.410. The van der Waals surface area contributed by atoms with Gasteiger partial charge in [0.2, 0.25) is 0 Å². The first-order chi connectivity index (χ1) is 9.12. The minimum absolute atomic E-state index is 0.410. The van der Waals surface area contributed by atoms with Crippen molar-refractivity contribution in [1.29, 1.82) is 0 Å². The first-order valence-corrected chi connectivity index (χ1v) is 7.59. The van der Waals surface area contributed by atoms with Gasteiger partial charge in [0.1, 0.15) is 0 Å². The molecule has 0 aliphatic heterocycles. The van der Waals surface area contributed by atoms with E-state index in [1.54, 1.807) is 14.2 Å². The first-order valence-electron chi connectivity index (χ1n) is 7.59. The molecule has 19 heavy (non-hydrogen) atoms. The van der Waals surface area contributed by atoms with Crippen LogP contribution in [0.15, 0.2) is 0 Å². The van der Waals surface area contributed by atoms with Crippen LogP contribution in [0, 0.1) is 0 Å². The van der Waals surface area contributed by atoms with Gasteiger partial charge in [0.25, 0.3) is 0 Å². The van der Waals surface area contributed by atoms with Gasteiger partial charge >= 0.3 is 0 Å². The van der Waals surface area contributed by atoms with Crippen LogP contribution in [0.5, 0.6) is 0 Å². The molecule has 116 valence electrons. The Labute approximate surface area is 119 Å². The second-order valence-electron chi connectivity index (χ2n) is 5.24. The van der Waals surface area contributed by atoms with Crippen molar-refractivity contribution in [3.05, 3.63) is 0 Å². The van der Waals surface area contributed by atoms with E-state index in [1.807, 2.05) is 0 Å². The van der Waals surface area contributed by atoms with Gasteiger partial charge in [0.15, 0.2) is 0 Å². The Bertz CT molecular complexity index is 203. The molecule has 0 saturated heterocycles. The largest absolute Gasteiger partial charge is 0.383 e. The lowest BCUT2D eigenvalue weighted by atomic mass is 10.0. The highest BCUT2D eigenvalue weighted by Crippen LogP contribution is 2.12. The molecule has 0 radical (unpaired) electrons. The van der Waals surface area contributed by atoms with Gasteiger partial charge in [-0.3, -0.25) is 4.90 Å². The summed E-state index contributed by atoms with van der Waals surface area (Å²) in [6.45, 7) is 12.5. The maximum absolute atomic E-state index is 5.31. The molecule has 0 spiro atoms. The molecule has 3 unspecified atom stereocenters. The Morgan fingerprint density at radius 3 is 2.26 bits per heavy atom. The van der Waals surface area contributed by atoms with Crippen LogP contribution in [-0.2, 0) is 9.47 Å². The summed E-state index contributed by atoms with van der Waals surface area (Å²) in [6, 6.07) is 1.42. The van der Waals surface area contributed by atoms with Gasteiger partial charge in [0.05, 0.1) is 13.2 Å².